The predicted octanol–water partition coefficient (Wildman–Crippen LogP) is 19.1. The molecule has 2 heterocycles. The van der Waals surface area contributed by atoms with E-state index < -0.39 is 0 Å². The first-order chi connectivity index (χ1) is 36.0. The van der Waals surface area contributed by atoms with Crippen LogP contribution in [0.3, 0.4) is 0 Å². The lowest BCUT2D eigenvalue weighted by atomic mass is 9.80. The first-order valence-corrected chi connectivity index (χ1v) is 26.1. The summed E-state index contributed by atoms with van der Waals surface area (Å²) in [5.41, 5.74) is 27.8. The molecule has 0 saturated carbocycles. The molecule has 2 nitrogen and oxygen atoms in total. The lowest BCUT2D eigenvalue weighted by molar-refractivity contribution is 0.659. The normalized spacial score (nSPS) is 14.2. The maximum Gasteiger partial charge on any atom is 0.0541 e. The third-order valence-electron chi connectivity index (χ3n) is 16.5. The van der Waals surface area contributed by atoms with E-state index in [9.17, 15) is 0 Å². The fourth-order valence-electron chi connectivity index (χ4n) is 12.9. The molecule has 12 aromatic rings. The van der Waals surface area contributed by atoms with Gasteiger partial charge in [0.1, 0.15) is 0 Å². The summed E-state index contributed by atoms with van der Waals surface area (Å²) >= 11 is 0. The van der Waals surface area contributed by atoms with Crippen molar-refractivity contribution in [2.75, 3.05) is 0 Å². The molecule has 0 bridgehead atoms. The summed E-state index contributed by atoms with van der Waals surface area (Å²) in [7, 11) is 0. The van der Waals surface area contributed by atoms with Gasteiger partial charge in [0.2, 0.25) is 0 Å². The predicted molar refractivity (Wildman–Crippen MR) is 316 cm³/mol. The molecule has 0 radical (unpaired) electrons. The van der Waals surface area contributed by atoms with Crippen molar-refractivity contribution in [3.8, 4) is 44.8 Å². The van der Waals surface area contributed by atoms with Crippen LogP contribution in [0.1, 0.15) is 83.3 Å². The number of aromatic nitrogens is 2. The SMILES string of the molecule is Cc1cc(C)cc(-n2c3ccccc3c3cc(C=Cc4ccc5c(c4)C(C)(C)c4cc(-c6ccc7c(c6)C(C)(C)c6cc(C=Cc8ccc9c(c8)c8ccccc8n9-c8ccccc8)ccc6-7)ccc4-5)ccc32)c1. The topological polar surface area (TPSA) is 9.86 Å². The summed E-state index contributed by atoms with van der Waals surface area (Å²) in [5.74, 6) is 0. The summed E-state index contributed by atoms with van der Waals surface area (Å²) in [6.07, 6.45) is 9.10. The minimum absolute atomic E-state index is 0.149. The van der Waals surface area contributed by atoms with Crippen LogP contribution in [0.25, 0.3) is 113 Å². The minimum Gasteiger partial charge on any atom is -0.309 e. The smallest absolute Gasteiger partial charge is 0.0541 e. The van der Waals surface area contributed by atoms with E-state index >= 15 is 0 Å². The van der Waals surface area contributed by atoms with E-state index in [0.29, 0.717) is 0 Å². The van der Waals surface area contributed by atoms with Crippen molar-refractivity contribution < 1.29 is 0 Å². The van der Waals surface area contributed by atoms with Crippen LogP contribution in [0.4, 0.5) is 0 Å². The lowest BCUT2D eigenvalue weighted by Crippen LogP contribution is -2.15. The number of benzene rings is 10. The highest BCUT2D eigenvalue weighted by Crippen LogP contribution is 2.53. The number of para-hydroxylation sites is 3. The molecule has 0 fully saturated rings. The van der Waals surface area contributed by atoms with E-state index in [0.717, 1.165) is 0 Å². The summed E-state index contributed by atoms with van der Waals surface area (Å²) < 4.78 is 4.79. The summed E-state index contributed by atoms with van der Waals surface area (Å²) in [6.45, 7) is 13.9. The molecule has 0 unspecified atom stereocenters. The van der Waals surface area contributed by atoms with Crippen molar-refractivity contribution in [2.45, 2.75) is 52.4 Å². The Morgan fingerprint density at radius 3 is 1.14 bits per heavy atom. The zero-order valence-corrected chi connectivity index (χ0v) is 42.8. The maximum absolute atomic E-state index is 2.46. The summed E-state index contributed by atoms with van der Waals surface area (Å²) in [5, 5.41) is 5.08. The van der Waals surface area contributed by atoms with Crippen molar-refractivity contribution in [2.24, 2.45) is 0 Å². The number of hydrogen-bond donors (Lipinski definition) is 0. The molecule has 0 spiro atoms. The molecule has 74 heavy (non-hydrogen) atoms. The standard InChI is InChI=1S/C72H56N2/c1-45-36-46(2)38-54(37-45)74-68-19-13-11-17-60(68)62-40-48(27-35-70(62)74)21-23-50-25-31-56-58-33-29-52(44-66(58)72(5,6)64(56)42-50)51-28-32-57-55-30-24-49(41-63(55)71(3,4)65(57)43-51)22-20-47-26-34-69-61(39-47)59-16-10-12-18-67(59)73(69)53-14-8-7-9-15-53/h7-44H,1-6H3. The van der Waals surface area contributed by atoms with E-state index in [2.05, 4.69) is 281 Å². The lowest BCUT2D eigenvalue weighted by Gasteiger charge is -2.23. The van der Waals surface area contributed by atoms with Gasteiger partial charge < -0.3 is 9.13 Å². The van der Waals surface area contributed by atoms with Gasteiger partial charge in [0.05, 0.1) is 22.1 Å². The van der Waals surface area contributed by atoms with Gasteiger partial charge in [-0.15, -0.1) is 0 Å². The van der Waals surface area contributed by atoms with Gasteiger partial charge in [0.25, 0.3) is 0 Å². The quantitative estimate of drug-likeness (QED) is 0.141. The van der Waals surface area contributed by atoms with Crippen LogP contribution in [0.5, 0.6) is 0 Å². The first-order valence-electron chi connectivity index (χ1n) is 26.1. The average molecular weight is 949 g/mol. The molecule has 10 aromatic carbocycles. The minimum atomic E-state index is -0.150. The third-order valence-corrected chi connectivity index (χ3v) is 16.5. The van der Waals surface area contributed by atoms with E-state index in [4.69, 9.17) is 0 Å². The Morgan fingerprint density at radius 1 is 0.297 bits per heavy atom. The Balaban J connectivity index is 0.726. The van der Waals surface area contributed by atoms with Crippen LogP contribution in [0.2, 0.25) is 0 Å². The molecule has 2 aliphatic carbocycles. The van der Waals surface area contributed by atoms with Crippen molar-refractivity contribution in [1.29, 1.82) is 0 Å². The molecule has 2 aromatic heterocycles. The Labute approximate surface area is 433 Å². The van der Waals surface area contributed by atoms with Crippen LogP contribution in [-0.4, -0.2) is 9.13 Å². The molecule has 0 atom stereocenters. The zero-order valence-electron chi connectivity index (χ0n) is 42.8. The number of hydrogen-bond acceptors (Lipinski definition) is 0. The van der Waals surface area contributed by atoms with Crippen molar-refractivity contribution in [3.63, 3.8) is 0 Å². The van der Waals surface area contributed by atoms with Crippen LogP contribution < -0.4 is 0 Å². The van der Waals surface area contributed by atoms with Gasteiger partial charge >= 0.3 is 0 Å². The van der Waals surface area contributed by atoms with Crippen LogP contribution >= 0.6 is 0 Å². The average Bonchev–Trinajstić information content (AvgIpc) is 4.07. The van der Waals surface area contributed by atoms with E-state index in [1.807, 2.05) is 0 Å². The van der Waals surface area contributed by atoms with Gasteiger partial charge in [-0.25, -0.2) is 0 Å². The highest BCUT2D eigenvalue weighted by atomic mass is 15.0. The van der Waals surface area contributed by atoms with Crippen molar-refractivity contribution in [3.05, 3.63) is 262 Å². The van der Waals surface area contributed by atoms with Gasteiger partial charge in [0.15, 0.2) is 0 Å². The Hall–Kier alpha value is -8.72. The van der Waals surface area contributed by atoms with E-state index in [1.165, 1.54) is 144 Å². The second-order valence-electron chi connectivity index (χ2n) is 22.0. The highest BCUT2D eigenvalue weighted by Gasteiger charge is 2.38. The molecule has 0 aliphatic heterocycles. The maximum atomic E-state index is 2.46. The zero-order chi connectivity index (χ0) is 50.0. The molecule has 0 N–H and O–H groups in total. The van der Waals surface area contributed by atoms with E-state index in [1.54, 1.807) is 0 Å². The summed E-state index contributed by atoms with van der Waals surface area (Å²) in [4.78, 5) is 0. The molecule has 14 rings (SSSR count). The Bertz CT molecular complexity index is 4350. The number of aryl methyl sites for hydroxylation is 2. The summed E-state index contributed by atoms with van der Waals surface area (Å²) in [6, 6.07) is 77.2. The number of fused-ring (bicyclic) bond motifs is 12. The van der Waals surface area contributed by atoms with Crippen LogP contribution in [0.15, 0.2) is 206 Å². The van der Waals surface area contributed by atoms with Gasteiger partial charge in [-0.2, -0.15) is 0 Å². The van der Waals surface area contributed by atoms with Gasteiger partial charge in [-0.05, 0) is 176 Å². The van der Waals surface area contributed by atoms with Crippen molar-refractivity contribution in [1.82, 2.24) is 9.13 Å². The van der Waals surface area contributed by atoms with Gasteiger partial charge in [0, 0.05) is 43.7 Å². The Kier molecular flexibility index (Phi) is 9.76. The first kappa shape index (κ1) is 44.0. The third kappa shape index (κ3) is 6.85. The number of nitrogens with zero attached hydrogens (tertiary/aromatic N) is 2. The van der Waals surface area contributed by atoms with Gasteiger partial charge in [-0.1, -0.05) is 185 Å². The molecule has 354 valence electrons. The Morgan fingerprint density at radius 2 is 0.662 bits per heavy atom. The fraction of sp³-hybridized carbons (Fsp3) is 0.111. The molecule has 0 amide bonds. The molecule has 0 saturated heterocycles. The molecule has 2 aliphatic rings. The van der Waals surface area contributed by atoms with E-state index in [-0.39, 0.29) is 10.8 Å². The number of rotatable bonds is 7. The van der Waals surface area contributed by atoms with Crippen LogP contribution in [-0.2, 0) is 10.8 Å². The van der Waals surface area contributed by atoms with Gasteiger partial charge in [-0.3, -0.25) is 0 Å². The van der Waals surface area contributed by atoms with Crippen LogP contribution in [0, 0.1) is 13.8 Å². The highest BCUT2D eigenvalue weighted by molar-refractivity contribution is 6.11. The second-order valence-corrected chi connectivity index (χ2v) is 22.0. The fourth-order valence-corrected chi connectivity index (χ4v) is 12.9. The molecule has 2 heteroatoms. The van der Waals surface area contributed by atoms with Crippen molar-refractivity contribution >= 4 is 67.9 Å². The largest absolute Gasteiger partial charge is 0.309 e. The molecular formula is C72H56N2. The molecular weight excluding hydrogens is 893 g/mol. The second kappa shape index (κ2) is 16.4. The monoisotopic (exact) mass is 948 g/mol.